The molecule has 0 radical (unpaired) electrons. The first-order valence-corrected chi connectivity index (χ1v) is 3.93. The van der Waals surface area contributed by atoms with Gasteiger partial charge in [-0.1, -0.05) is 6.92 Å². The maximum atomic E-state index is 9.43. The van der Waals surface area contributed by atoms with Crippen LogP contribution in [0.5, 0.6) is 0 Å². The summed E-state index contributed by atoms with van der Waals surface area (Å²) in [5.74, 6) is 0. The summed E-state index contributed by atoms with van der Waals surface area (Å²) in [6.45, 7) is 9.37. The summed E-state index contributed by atoms with van der Waals surface area (Å²) in [4.78, 5) is 0. The number of hydrogen-bond donors (Lipinski definition) is 1. The molecular weight excluding hydrogens is 140 g/mol. The zero-order valence-electron chi connectivity index (χ0n) is 8.05. The molecule has 0 aromatic rings. The van der Waals surface area contributed by atoms with Crippen molar-refractivity contribution in [1.29, 1.82) is 0 Å². The molecule has 1 N–H and O–H groups in total. The summed E-state index contributed by atoms with van der Waals surface area (Å²) in [6, 6.07) is 0. The molecule has 0 saturated carbocycles. The van der Waals surface area contributed by atoms with Crippen molar-refractivity contribution in [2.75, 3.05) is 0 Å². The van der Waals surface area contributed by atoms with Gasteiger partial charge >= 0.3 is 0 Å². The fourth-order valence-electron chi connectivity index (χ4n) is 0.328. The molecule has 0 saturated heterocycles. The number of aliphatic hydroxyl groups is 1. The second-order valence-corrected chi connectivity index (χ2v) is 3.94. The van der Waals surface area contributed by atoms with Gasteiger partial charge in [0.15, 0.2) is 5.72 Å². The van der Waals surface area contributed by atoms with Crippen molar-refractivity contribution in [3.8, 4) is 0 Å². The lowest BCUT2D eigenvalue weighted by molar-refractivity contribution is 0.0546. The highest BCUT2D eigenvalue weighted by atomic mass is 16.3. The summed E-state index contributed by atoms with van der Waals surface area (Å²) in [6.07, 6.45) is 0.590. The van der Waals surface area contributed by atoms with E-state index in [2.05, 4.69) is 10.2 Å². The third-order valence-corrected chi connectivity index (χ3v) is 1.24. The monoisotopic (exact) mass is 158 g/mol. The first-order valence-electron chi connectivity index (χ1n) is 3.93. The minimum atomic E-state index is -0.993. The smallest absolute Gasteiger partial charge is 0.172 e. The Morgan fingerprint density at radius 2 is 1.55 bits per heavy atom. The Bertz CT molecular complexity index is 145. The van der Waals surface area contributed by atoms with Crippen LogP contribution in [0.15, 0.2) is 10.2 Å². The average Bonchev–Trinajstić information content (AvgIpc) is 1.83. The number of rotatable bonds is 2. The number of nitrogens with zero attached hydrogens (tertiary/aromatic N) is 2. The molecule has 0 heterocycles. The van der Waals surface area contributed by atoms with E-state index in [4.69, 9.17) is 0 Å². The van der Waals surface area contributed by atoms with Crippen LogP contribution in [0.1, 0.15) is 41.0 Å². The van der Waals surface area contributed by atoms with E-state index in [9.17, 15) is 5.11 Å². The van der Waals surface area contributed by atoms with Crippen LogP contribution in [0.3, 0.4) is 0 Å². The molecule has 66 valence electrons. The Morgan fingerprint density at radius 1 is 1.09 bits per heavy atom. The van der Waals surface area contributed by atoms with Gasteiger partial charge in [0.05, 0.1) is 5.54 Å². The highest BCUT2D eigenvalue weighted by Gasteiger charge is 2.17. The van der Waals surface area contributed by atoms with Crippen molar-refractivity contribution in [1.82, 2.24) is 0 Å². The summed E-state index contributed by atoms with van der Waals surface area (Å²) < 4.78 is 0. The summed E-state index contributed by atoms with van der Waals surface area (Å²) in [5.41, 5.74) is -1.19. The number of azo groups is 1. The third kappa shape index (κ3) is 5.98. The second-order valence-electron chi connectivity index (χ2n) is 3.94. The van der Waals surface area contributed by atoms with Gasteiger partial charge in [0.2, 0.25) is 0 Å². The molecule has 0 amide bonds. The van der Waals surface area contributed by atoms with E-state index in [1.54, 1.807) is 6.92 Å². The molecule has 0 aliphatic rings. The second kappa shape index (κ2) is 3.30. The Balaban J connectivity index is 4.13. The summed E-state index contributed by atoms with van der Waals surface area (Å²) >= 11 is 0. The zero-order chi connectivity index (χ0) is 9.12. The molecule has 0 aromatic heterocycles. The molecule has 1 unspecified atom stereocenters. The van der Waals surface area contributed by atoms with Crippen LogP contribution >= 0.6 is 0 Å². The van der Waals surface area contributed by atoms with Gasteiger partial charge in [-0.05, 0) is 34.1 Å². The quantitative estimate of drug-likeness (QED) is 0.616. The summed E-state index contributed by atoms with van der Waals surface area (Å²) in [5, 5.41) is 17.2. The molecule has 0 rings (SSSR count). The van der Waals surface area contributed by atoms with Crippen LogP contribution in [0.4, 0.5) is 0 Å². The van der Waals surface area contributed by atoms with E-state index < -0.39 is 5.72 Å². The van der Waals surface area contributed by atoms with E-state index >= 15 is 0 Å². The largest absolute Gasteiger partial charge is 0.368 e. The lowest BCUT2D eigenvalue weighted by Gasteiger charge is -2.17. The SMILES string of the molecule is CCC(C)(O)/N=N/C(C)(C)C. The Kier molecular flexibility index (Phi) is 3.17. The maximum Gasteiger partial charge on any atom is 0.172 e. The Morgan fingerprint density at radius 3 is 1.82 bits per heavy atom. The van der Waals surface area contributed by atoms with Crippen LogP contribution < -0.4 is 0 Å². The molecule has 0 aromatic carbocycles. The van der Waals surface area contributed by atoms with Gasteiger partial charge in [-0.2, -0.15) is 10.2 Å². The van der Waals surface area contributed by atoms with Crippen LogP contribution in [-0.2, 0) is 0 Å². The topological polar surface area (TPSA) is 45.0 Å². The molecule has 3 heteroatoms. The van der Waals surface area contributed by atoms with Crippen LogP contribution in [0, 0.1) is 0 Å². The van der Waals surface area contributed by atoms with E-state index in [0.29, 0.717) is 6.42 Å². The first kappa shape index (κ1) is 10.6. The zero-order valence-corrected chi connectivity index (χ0v) is 8.05. The Labute approximate surface area is 68.5 Å². The fourth-order valence-corrected chi connectivity index (χ4v) is 0.328. The highest BCUT2D eigenvalue weighted by Crippen LogP contribution is 2.15. The van der Waals surface area contributed by atoms with Crippen molar-refractivity contribution in [3.63, 3.8) is 0 Å². The normalized spacial score (nSPS) is 18.7. The lowest BCUT2D eigenvalue weighted by atomic mass is 10.1. The van der Waals surface area contributed by atoms with E-state index in [1.165, 1.54) is 0 Å². The molecule has 0 bridgehead atoms. The van der Waals surface area contributed by atoms with Crippen molar-refractivity contribution in [2.24, 2.45) is 10.2 Å². The van der Waals surface area contributed by atoms with E-state index in [1.807, 2.05) is 27.7 Å². The third-order valence-electron chi connectivity index (χ3n) is 1.24. The van der Waals surface area contributed by atoms with Crippen LogP contribution in [0.25, 0.3) is 0 Å². The van der Waals surface area contributed by atoms with Crippen molar-refractivity contribution in [3.05, 3.63) is 0 Å². The first-order chi connectivity index (χ1) is 4.77. The van der Waals surface area contributed by atoms with Crippen molar-refractivity contribution >= 4 is 0 Å². The fraction of sp³-hybridized carbons (Fsp3) is 1.00. The van der Waals surface area contributed by atoms with Gasteiger partial charge in [0.25, 0.3) is 0 Å². The van der Waals surface area contributed by atoms with Crippen molar-refractivity contribution < 1.29 is 5.11 Å². The van der Waals surface area contributed by atoms with Gasteiger partial charge in [-0.15, -0.1) is 0 Å². The van der Waals surface area contributed by atoms with Gasteiger partial charge in [0, 0.05) is 0 Å². The summed E-state index contributed by atoms with van der Waals surface area (Å²) in [7, 11) is 0. The van der Waals surface area contributed by atoms with Gasteiger partial charge < -0.3 is 5.11 Å². The van der Waals surface area contributed by atoms with Crippen LogP contribution in [-0.4, -0.2) is 16.4 Å². The highest BCUT2D eigenvalue weighted by molar-refractivity contribution is 4.71. The molecular formula is C8H18N2O. The minimum Gasteiger partial charge on any atom is -0.368 e. The van der Waals surface area contributed by atoms with Gasteiger partial charge in [0.1, 0.15) is 0 Å². The molecule has 0 aliphatic heterocycles. The predicted octanol–water partition coefficient (Wildman–Crippen LogP) is 2.36. The number of hydrogen-bond acceptors (Lipinski definition) is 3. The van der Waals surface area contributed by atoms with Gasteiger partial charge in [-0.25, -0.2) is 0 Å². The van der Waals surface area contributed by atoms with Crippen molar-refractivity contribution in [2.45, 2.75) is 52.3 Å². The maximum absolute atomic E-state index is 9.43. The van der Waals surface area contributed by atoms with Gasteiger partial charge in [-0.3, -0.25) is 0 Å². The van der Waals surface area contributed by atoms with Crippen LogP contribution in [0.2, 0.25) is 0 Å². The molecule has 11 heavy (non-hydrogen) atoms. The lowest BCUT2D eigenvalue weighted by Crippen LogP contribution is -2.20. The standard InChI is InChI=1S/C8H18N2O/c1-6-8(5,11)10-9-7(2,3)4/h11H,6H2,1-5H3/b10-9+. The van der Waals surface area contributed by atoms with E-state index in [-0.39, 0.29) is 5.54 Å². The van der Waals surface area contributed by atoms with E-state index in [0.717, 1.165) is 0 Å². The molecule has 0 spiro atoms. The molecule has 0 aliphatic carbocycles. The average molecular weight is 158 g/mol. The molecule has 1 atom stereocenters. The minimum absolute atomic E-state index is 0.195. The molecule has 0 fully saturated rings. The Hall–Kier alpha value is -0.440. The predicted molar refractivity (Wildman–Crippen MR) is 45.5 cm³/mol. The molecule has 3 nitrogen and oxygen atoms in total.